The normalized spacial score (nSPS) is 25.2. The molecule has 0 amide bonds. The van der Waals surface area contributed by atoms with Crippen LogP contribution in [0.3, 0.4) is 0 Å². The Balaban J connectivity index is 1.53. The van der Waals surface area contributed by atoms with Crippen LogP contribution in [-0.2, 0) is 16.8 Å². The molecule has 164 valence electrons. The number of pyridine rings is 1. The molecule has 3 aromatic heterocycles. The van der Waals surface area contributed by atoms with Crippen LogP contribution in [0.15, 0.2) is 45.7 Å². The van der Waals surface area contributed by atoms with Gasteiger partial charge in [-0.25, -0.2) is 0 Å². The van der Waals surface area contributed by atoms with E-state index >= 15 is 0 Å². The number of likely N-dealkylation sites (N-methyl/N-ethyl adjacent to an activating group) is 1. The minimum Gasteiger partial charge on any atom is -0.372 e. The lowest BCUT2D eigenvalue weighted by Crippen LogP contribution is -2.59. The highest BCUT2D eigenvalue weighted by Gasteiger charge is 2.51. The fraction of sp³-hybridized carbons (Fsp3) is 0.375. The highest BCUT2D eigenvalue weighted by atomic mass is 79.9. The highest BCUT2D eigenvalue weighted by molar-refractivity contribution is 9.10. The number of nitrogens with one attached hydrogen (secondary N) is 1. The van der Waals surface area contributed by atoms with Gasteiger partial charge in [0, 0.05) is 53.0 Å². The van der Waals surface area contributed by atoms with E-state index in [0.29, 0.717) is 17.6 Å². The molecule has 1 fully saturated rings. The first kappa shape index (κ1) is 20.1. The van der Waals surface area contributed by atoms with Gasteiger partial charge in [0.15, 0.2) is 0 Å². The van der Waals surface area contributed by atoms with E-state index in [9.17, 15) is 0 Å². The summed E-state index contributed by atoms with van der Waals surface area (Å²) in [6.45, 7) is 3.36. The number of H-pyrrole nitrogens is 1. The SMILES string of the molecule is CO[C@]12C[C@@H](C)CN(C)[C@@H]1Cc1c(-c3nc(-c4cncc(Br)c4)no3)[nH]c3cccc2c13. The van der Waals surface area contributed by atoms with Gasteiger partial charge in [0.1, 0.15) is 11.3 Å². The third kappa shape index (κ3) is 2.82. The number of hydrogen-bond acceptors (Lipinski definition) is 6. The van der Waals surface area contributed by atoms with E-state index in [2.05, 4.69) is 68.1 Å². The lowest BCUT2D eigenvalue weighted by molar-refractivity contribution is -0.122. The summed E-state index contributed by atoms with van der Waals surface area (Å²) in [5.74, 6) is 1.57. The van der Waals surface area contributed by atoms with Gasteiger partial charge in [-0.2, -0.15) is 4.98 Å². The first-order valence-electron chi connectivity index (χ1n) is 10.8. The summed E-state index contributed by atoms with van der Waals surface area (Å²) < 4.78 is 12.9. The van der Waals surface area contributed by atoms with Crippen molar-refractivity contribution in [1.29, 1.82) is 0 Å². The number of aromatic nitrogens is 4. The van der Waals surface area contributed by atoms with Gasteiger partial charge in [0.2, 0.25) is 5.82 Å². The Morgan fingerprint density at radius 2 is 2.19 bits per heavy atom. The fourth-order valence-corrected chi connectivity index (χ4v) is 6.22. The van der Waals surface area contributed by atoms with Crippen LogP contribution >= 0.6 is 15.9 Å². The monoisotopic (exact) mass is 493 g/mol. The van der Waals surface area contributed by atoms with Crippen LogP contribution in [0.2, 0.25) is 0 Å². The van der Waals surface area contributed by atoms with Crippen LogP contribution in [0.25, 0.3) is 33.9 Å². The van der Waals surface area contributed by atoms with Gasteiger partial charge in [-0.05, 0) is 65.0 Å². The summed E-state index contributed by atoms with van der Waals surface area (Å²) in [6, 6.07) is 8.61. The zero-order valence-electron chi connectivity index (χ0n) is 18.2. The summed E-state index contributed by atoms with van der Waals surface area (Å²) in [7, 11) is 4.06. The van der Waals surface area contributed by atoms with E-state index in [-0.39, 0.29) is 11.6 Å². The molecule has 1 aliphatic carbocycles. The number of halogens is 1. The Hall–Kier alpha value is -2.55. The molecule has 1 aliphatic heterocycles. The van der Waals surface area contributed by atoms with Gasteiger partial charge < -0.3 is 14.2 Å². The zero-order valence-corrected chi connectivity index (χ0v) is 19.8. The summed E-state index contributed by atoms with van der Waals surface area (Å²) in [5, 5.41) is 5.45. The van der Waals surface area contributed by atoms with Crippen molar-refractivity contribution in [3.8, 4) is 23.0 Å². The highest BCUT2D eigenvalue weighted by Crippen LogP contribution is 2.51. The summed E-state index contributed by atoms with van der Waals surface area (Å²) in [5.41, 5.74) is 4.93. The van der Waals surface area contributed by atoms with Crippen molar-refractivity contribution in [2.75, 3.05) is 20.7 Å². The number of aromatic amines is 1. The van der Waals surface area contributed by atoms with Crippen molar-refractivity contribution < 1.29 is 9.26 Å². The molecule has 1 saturated heterocycles. The smallest absolute Gasteiger partial charge is 0.274 e. The van der Waals surface area contributed by atoms with Crippen LogP contribution in [0.1, 0.15) is 24.5 Å². The van der Waals surface area contributed by atoms with Crippen molar-refractivity contribution in [3.63, 3.8) is 0 Å². The summed E-state index contributed by atoms with van der Waals surface area (Å²) in [6.07, 6.45) is 5.34. The largest absolute Gasteiger partial charge is 0.372 e. The minimum atomic E-state index is -0.319. The Morgan fingerprint density at radius 1 is 1.31 bits per heavy atom. The van der Waals surface area contributed by atoms with Gasteiger partial charge in [0.25, 0.3) is 5.89 Å². The van der Waals surface area contributed by atoms with Crippen molar-refractivity contribution in [3.05, 3.63) is 52.3 Å². The molecule has 7 nitrogen and oxygen atoms in total. The van der Waals surface area contributed by atoms with Crippen LogP contribution in [-0.4, -0.2) is 51.8 Å². The third-order valence-electron chi connectivity index (χ3n) is 7.07. The van der Waals surface area contributed by atoms with Gasteiger partial charge in [-0.1, -0.05) is 24.2 Å². The molecule has 6 rings (SSSR count). The van der Waals surface area contributed by atoms with Gasteiger partial charge in [0.05, 0.1) is 0 Å². The predicted octanol–water partition coefficient (Wildman–Crippen LogP) is 4.78. The predicted molar refractivity (Wildman–Crippen MR) is 125 cm³/mol. The van der Waals surface area contributed by atoms with E-state index in [4.69, 9.17) is 14.2 Å². The first-order valence-corrected chi connectivity index (χ1v) is 11.6. The number of methoxy groups -OCH3 is 1. The van der Waals surface area contributed by atoms with Crippen molar-refractivity contribution >= 4 is 26.8 Å². The second-order valence-electron chi connectivity index (χ2n) is 9.08. The molecule has 0 spiro atoms. The molecule has 32 heavy (non-hydrogen) atoms. The Bertz CT molecular complexity index is 1330. The topological polar surface area (TPSA) is 80.1 Å². The molecule has 0 radical (unpaired) electrons. The van der Waals surface area contributed by atoms with Crippen LogP contribution in [0.4, 0.5) is 0 Å². The molecule has 1 N–H and O–H groups in total. The maximum Gasteiger partial charge on any atom is 0.274 e. The maximum atomic E-state index is 6.34. The molecule has 3 atom stereocenters. The number of piperidine rings is 1. The molecule has 4 aromatic rings. The number of benzene rings is 1. The molecule has 4 heterocycles. The van der Waals surface area contributed by atoms with Crippen LogP contribution < -0.4 is 0 Å². The standard InChI is InChI=1S/C24H24BrN5O2/c1-13-9-24(31-3)17-5-4-6-18-20(17)16(8-19(24)30(2)12-13)21(27-18)23-28-22(29-32-23)14-7-15(25)11-26-10-14/h4-7,10-11,13,19,27H,8-9,12H2,1-3H3/t13-,19-,24+/m1/s1. The van der Waals surface area contributed by atoms with Gasteiger partial charge in [-0.15, -0.1) is 0 Å². The zero-order chi connectivity index (χ0) is 22.0. The van der Waals surface area contributed by atoms with E-state index in [1.165, 1.54) is 16.5 Å². The molecular weight excluding hydrogens is 470 g/mol. The van der Waals surface area contributed by atoms with Crippen LogP contribution in [0, 0.1) is 5.92 Å². The second-order valence-corrected chi connectivity index (χ2v) is 10.00. The quantitative estimate of drug-likeness (QED) is 0.442. The Labute approximate surface area is 194 Å². The first-order chi connectivity index (χ1) is 15.5. The van der Waals surface area contributed by atoms with E-state index in [1.807, 2.05) is 13.2 Å². The number of fused-ring (bicyclic) bond motifs is 2. The Morgan fingerprint density at radius 3 is 3.00 bits per heavy atom. The number of rotatable bonds is 3. The molecule has 0 unspecified atom stereocenters. The summed E-state index contributed by atoms with van der Waals surface area (Å²) >= 11 is 3.46. The van der Waals surface area contributed by atoms with E-state index in [0.717, 1.165) is 40.6 Å². The minimum absolute atomic E-state index is 0.244. The number of nitrogens with zero attached hydrogens (tertiary/aromatic N) is 4. The van der Waals surface area contributed by atoms with Crippen molar-refractivity contribution in [2.45, 2.75) is 31.4 Å². The molecular formula is C24H24BrN5O2. The summed E-state index contributed by atoms with van der Waals surface area (Å²) in [4.78, 5) is 14.9. The molecule has 8 heteroatoms. The number of likely N-dealkylation sites (tertiary alicyclic amines) is 1. The second kappa shape index (κ2) is 7.23. The molecule has 2 aliphatic rings. The average Bonchev–Trinajstić information content (AvgIpc) is 3.40. The number of hydrogen-bond donors (Lipinski definition) is 1. The molecule has 0 saturated carbocycles. The van der Waals surface area contributed by atoms with E-state index in [1.54, 1.807) is 12.4 Å². The average molecular weight is 494 g/mol. The van der Waals surface area contributed by atoms with Crippen LogP contribution in [0.5, 0.6) is 0 Å². The number of ether oxygens (including phenoxy) is 1. The van der Waals surface area contributed by atoms with E-state index < -0.39 is 0 Å². The maximum absolute atomic E-state index is 6.34. The lowest BCUT2D eigenvalue weighted by atomic mass is 9.68. The molecule has 0 bridgehead atoms. The van der Waals surface area contributed by atoms with Gasteiger partial charge >= 0.3 is 0 Å². The van der Waals surface area contributed by atoms with Crippen molar-refractivity contribution in [1.82, 2.24) is 25.0 Å². The fourth-order valence-electron chi connectivity index (χ4n) is 5.86. The lowest BCUT2D eigenvalue weighted by Gasteiger charge is -2.52. The van der Waals surface area contributed by atoms with Crippen molar-refractivity contribution in [2.24, 2.45) is 5.92 Å². The Kier molecular flexibility index (Phi) is 4.54. The third-order valence-corrected chi connectivity index (χ3v) is 7.50. The molecule has 1 aromatic carbocycles. The van der Waals surface area contributed by atoms with Gasteiger partial charge in [-0.3, -0.25) is 9.88 Å².